The van der Waals surface area contributed by atoms with E-state index in [9.17, 15) is 9.59 Å². The third-order valence-electron chi connectivity index (χ3n) is 5.11. The minimum absolute atomic E-state index is 0.0277. The van der Waals surface area contributed by atoms with Gasteiger partial charge in [0.1, 0.15) is 18.1 Å². The molecule has 182 valence electrons. The highest BCUT2D eigenvalue weighted by Gasteiger charge is 2.35. The molecule has 0 aliphatic carbocycles. The summed E-state index contributed by atoms with van der Waals surface area (Å²) in [7, 11) is 1.54. The van der Waals surface area contributed by atoms with Crippen molar-refractivity contribution in [3.8, 4) is 5.75 Å². The van der Waals surface area contributed by atoms with E-state index >= 15 is 0 Å². The van der Waals surface area contributed by atoms with Crippen molar-refractivity contribution < 1.29 is 19.1 Å². The van der Waals surface area contributed by atoms with Gasteiger partial charge in [-0.1, -0.05) is 29.2 Å². The molecule has 3 aromatic rings. The van der Waals surface area contributed by atoms with Gasteiger partial charge in [0.25, 0.3) is 11.8 Å². The Balaban J connectivity index is 1.39. The summed E-state index contributed by atoms with van der Waals surface area (Å²) in [5.74, 6) is 0.0295. The first kappa shape index (κ1) is 24.9. The molecule has 3 heterocycles. The van der Waals surface area contributed by atoms with Crippen LogP contribution in [-0.4, -0.2) is 54.3 Å². The molecule has 35 heavy (non-hydrogen) atoms. The largest absolute Gasteiger partial charge is 0.496 e. The van der Waals surface area contributed by atoms with Crippen LogP contribution in [0.5, 0.6) is 5.75 Å². The second kappa shape index (κ2) is 11.5. The van der Waals surface area contributed by atoms with Crippen LogP contribution in [0.2, 0.25) is 0 Å². The van der Waals surface area contributed by atoms with Crippen LogP contribution in [0.1, 0.15) is 26.3 Å². The van der Waals surface area contributed by atoms with E-state index in [2.05, 4.69) is 32.5 Å². The van der Waals surface area contributed by atoms with Gasteiger partial charge in [-0.3, -0.25) is 25.2 Å². The third-order valence-corrected chi connectivity index (χ3v) is 7.29. The Morgan fingerprint density at radius 2 is 2.06 bits per heavy atom. The molecule has 1 fully saturated rings. The molecule has 2 aromatic heterocycles. The zero-order valence-corrected chi connectivity index (χ0v) is 20.9. The number of carbonyl (C=O) groups is 2. The van der Waals surface area contributed by atoms with Gasteiger partial charge in [-0.15, -0.1) is 6.58 Å². The Morgan fingerprint density at radius 1 is 1.26 bits per heavy atom. The van der Waals surface area contributed by atoms with Gasteiger partial charge in [0, 0.05) is 35.9 Å². The van der Waals surface area contributed by atoms with Crippen molar-refractivity contribution >= 4 is 40.0 Å². The average Bonchev–Trinajstić information content (AvgIpc) is 3.51. The highest BCUT2D eigenvalue weighted by atomic mass is 32.2. The number of hydrogen-bond acceptors (Lipinski definition) is 9. The summed E-state index contributed by atoms with van der Waals surface area (Å²) in [6.45, 7) is 6.66. The molecule has 1 aliphatic rings. The van der Waals surface area contributed by atoms with Crippen molar-refractivity contribution in [1.29, 1.82) is 0 Å². The smallest absolute Gasteiger partial charge is 0.257 e. The van der Waals surface area contributed by atoms with Crippen molar-refractivity contribution in [1.82, 2.24) is 20.6 Å². The molecule has 0 saturated carbocycles. The molecule has 9 nitrogen and oxygen atoms in total. The maximum Gasteiger partial charge on any atom is 0.257 e. The third kappa shape index (κ3) is 6.45. The monoisotopic (exact) mass is 511 g/mol. The lowest BCUT2D eigenvalue weighted by Crippen LogP contribution is -2.33. The molecule has 4 rings (SSSR count). The normalized spacial score (nSPS) is 16.4. The van der Waals surface area contributed by atoms with Gasteiger partial charge in [-0.25, -0.2) is 4.98 Å². The number of nitrogens with zero attached hydrogens (tertiary/aromatic N) is 2. The van der Waals surface area contributed by atoms with Gasteiger partial charge in [-0.2, -0.15) is 0 Å². The molecule has 1 aromatic carbocycles. The number of thiazole rings is 1. The predicted molar refractivity (Wildman–Crippen MR) is 135 cm³/mol. The molecule has 1 saturated heterocycles. The predicted octanol–water partition coefficient (Wildman–Crippen LogP) is 3.49. The summed E-state index contributed by atoms with van der Waals surface area (Å²) in [5, 5.41) is 9.39. The number of amides is 2. The van der Waals surface area contributed by atoms with Gasteiger partial charge in [0.05, 0.1) is 23.1 Å². The lowest BCUT2D eigenvalue weighted by molar-refractivity contribution is 0.0949. The van der Waals surface area contributed by atoms with Crippen molar-refractivity contribution in [3.05, 3.63) is 72.2 Å². The van der Waals surface area contributed by atoms with Crippen LogP contribution in [0.3, 0.4) is 0 Å². The number of aryl methyl sites for hydroxylation is 1. The first-order valence-electron chi connectivity index (χ1n) is 10.8. The Bertz CT molecular complexity index is 1220. The van der Waals surface area contributed by atoms with E-state index in [1.165, 1.54) is 23.1 Å². The number of rotatable bonds is 11. The first-order valence-corrected chi connectivity index (χ1v) is 12.4. The minimum Gasteiger partial charge on any atom is -0.496 e. The molecule has 3 N–H and O–H groups in total. The highest BCUT2D eigenvalue weighted by Crippen LogP contribution is 2.38. The standard InChI is InChI=1S/C24H25N5O4S2/c1-4-17-23(33-17)27-10-9-26-22(31)16-12-19(14(2)11-18(16)32-3)34-20-13-28-24(35-20)29-21(30)15-5-7-25-8-6-15/h4-8,11-13,17,23,27H,1,9-10H2,2-3H3,(H,26,31)(H,28,29,30). The highest BCUT2D eigenvalue weighted by molar-refractivity contribution is 8.01. The molecule has 0 radical (unpaired) electrons. The van der Waals surface area contributed by atoms with Crippen LogP contribution in [0.25, 0.3) is 0 Å². The Hall–Kier alpha value is -3.25. The number of anilines is 1. The summed E-state index contributed by atoms with van der Waals surface area (Å²) in [6, 6.07) is 6.93. The fourth-order valence-corrected chi connectivity index (χ4v) is 5.15. The second-order valence-corrected chi connectivity index (χ2v) is 9.93. The van der Waals surface area contributed by atoms with E-state index in [0.29, 0.717) is 35.1 Å². The van der Waals surface area contributed by atoms with Gasteiger partial charge in [0.2, 0.25) is 0 Å². The summed E-state index contributed by atoms with van der Waals surface area (Å²) in [4.78, 5) is 34.3. The van der Waals surface area contributed by atoms with Crippen LogP contribution in [0.4, 0.5) is 5.13 Å². The first-order chi connectivity index (χ1) is 17.0. The minimum atomic E-state index is -0.249. The Morgan fingerprint density at radius 3 is 2.77 bits per heavy atom. The number of carbonyl (C=O) groups excluding carboxylic acids is 2. The summed E-state index contributed by atoms with van der Waals surface area (Å²) >= 11 is 2.83. The van der Waals surface area contributed by atoms with Gasteiger partial charge in [0.15, 0.2) is 5.13 Å². The maximum absolute atomic E-state index is 12.8. The summed E-state index contributed by atoms with van der Waals surface area (Å²) in [5.41, 5.74) is 1.91. The lowest BCUT2D eigenvalue weighted by atomic mass is 10.1. The molecule has 1 aliphatic heterocycles. The number of benzene rings is 1. The van der Waals surface area contributed by atoms with Crippen LogP contribution in [0.15, 0.2) is 64.6 Å². The number of epoxide rings is 1. The van der Waals surface area contributed by atoms with Crippen LogP contribution in [-0.2, 0) is 4.74 Å². The quantitative estimate of drug-likeness (QED) is 0.203. The van der Waals surface area contributed by atoms with E-state index in [0.717, 1.165) is 14.7 Å². The maximum atomic E-state index is 12.8. The van der Waals surface area contributed by atoms with E-state index < -0.39 is 0 Å². The van der Waals surface area contributed by atoms with Crippen LogP contribution < -0.4 is 20.7 Å². The SMILES string of the molecule is C=CC1OC1NCCNC(=O)c1cc(Sc2cnc(NC(=O)c3ccncc3)s2)c(C)cc1OC. The second-order valence-electron chi connectivity index (χ2n) is 7.56. The number of pyridine rings is 1. The average molecular weight is 512 g/mol. The number of aromatic nitrogens is 2. The Kier molecular flexibility index (Phi) is 8.13. The molecule has 2 atom stereocenters. The van der Waals surface area contributed by atoms with Crippen molar-refractivity contribution in [2.45, 2.75) is 28.4 Å². The zero-order chi connectivity index (χ0) is 24.8. The topological polar surface area (TPSA) is 118 Å². The van der Waals surface area contributed by atoms with E-state index in [-0.39, 0.29) is 24.1 Å². The molecule has 11 heteroatoms. The number of methoxy groups -OCH3 is 1. The Labute approximate surface area is 211 Å². The zero-order valence-electron chi connectivity index (χ0n) is 19.2. The molecular weight excluding hydrogens is 486 g/mol. The molecule has 2 unspecified atom stereocenters. The number of hydrogen-bond donors (Lipinski definition) is 3. The molecule has 0 bridgehead atoms. The summed E-state index contributed by atoms with van der Waals surface area (Å²) < 4.78 is 11.7. The van der Waals surface area contributed by atoms with Crippen molar-refractivity contribution in [3.63, 3.8) is 0 Å². The number of nitrogens with one attached hydrogen (secondary N) is 3. The van der Waals surface area contributed by atoms with E-state index in [1.807, 2.05) is 19.1 Å². The summed E-state index contributed by atoms with van der Waals surface area (Å²) in [6.07, 6.45) is 6.58. The van der Waals surface area contributed by atoms with E-state index in [1.54, 1.807) is 43.9 Å². The molecule has 2 amide bonds. The van der Waals surface area contributed by atoms with Crippen molar-refractivity contribution in [2.24, 2.45) is 0 Å². The van der Waals surface area contributed by atoms with Crippen molar-refractivity contribution in [2.75, 3.05) is 25.5 Å². The fraction of sp³-hybridized carbons (Fsp3) is 0.250. The van der Waals surface area contributed by atoms with Crippen LogP contribution >= 0.6 is 23.1 Å². The van der Waals surface area contributed by atoms with E-state index in [4.69, 9.17) is 9.47 Å². The molecular formula is C24H25N5O4S2. The van der Waals surface area contributed by atoms with Gasteiger partial charge in [-0.05, 0) is 36.8 Å². The van der Waals surface area contributed by atoms with Crippen LogP contribution in [0, 0.1) is 6.92 Å². The van der Waals surface area contributed by atoms with Gasteiger partial charge < -0.3 is 14.8 Å². The fourth-order valence-electron chi connectivity index (χ4n) is 3.22. The lowest BCUT2D eigenvalue weighted by Gasteiger charge is -2.13. The number of ether oxygens (including phenoxy) is 2. The van der Waals surface area contributed by atoms with Gasteiger partial charge >= 0.3 is 0 Å². The molecule has 0 spiro atoms.